The van der Waals surface area contributed by atoms with Crippen LogP contribution < -0.4 is 10.6 Å². The Morgan fingerprint density at radius 2 is 1.88 bits per heavy atom. The van der Waals surface area contributed by atoms with Gasteiger partial charge in [-0.05, 0) is 38.0 Å². The van der Waals surface area contributed by atoms with Gasteiger partial charge in [0.2, 0.25) is 5.95 Å². The fourth-order valence-corrected chi connectivity index (χ4v) is 2.52. The van der Waals surface area contributed by atoms with Gasteiger partial charge in [-0.15, -0.1) is 0 Å². The van der Waals surface area contributed by atoms with E-state index in [-0.39, 0.29) is 0 Å². The van der Waals surface area contributed by atoms with Gasteiger partial charge in [0.25, 0.3) is 0 Å². The van der Waals surface area contributed by atoms with Crippen molar-refractivity contribution < 1.29 is 0 Å². The number of aryl methyl sites for hydroxylation is 3. The molecular formula is C18H23N7. The zero-order valence-electron chi connectivity index (χ0n) is 14.8. The van der Waals surface area contributed by atoms with E-state index in [1.165, 1.54) is 0 Å². The van der Waals surface area contributed by atoms with Crippen LogP contribution in [0.3, 0.4) is 0 Å². The number of pyridine rings is 1. The third kappa shape index (κ3) is 4.53. The van der Waals surface area contributed by atoms with Crippen LogP contribution in [-0.2, 0) is 7.05 Å². The van der Waals surface area contributed by atoms with Crippen LogP contribution in [-0.4, -0.2) is 37.8 Å². The van der Waals surface area contributed by atoms with E-state index in [2.05, 4.69) is 30.7 Å². The van der Waals surface area contributed by atoms with Crippen LogP contribution in [0.2, 0.25) is 0 Å². The lowest BCUT2D eigenvalue weighted by Gasteiger charge is -2.08. The number of aromatic nitrogens is 5. The molecule has 0 aliphatic carbocycles. The van der Waals surface area contributed by atoms with Gasteiger partial charge < -0.3 is 10.6 Å². The summed E-state index contributed by atoms with van der Waals surface area (Å²) in [6.07, 6.45) is 6.54. The third-order valence-corrected chi connectivity index (χ3v) is 3.80. The first-order valence-corrected chi connectivity index (χ1v) is 8.36. The molecule has 0 unspecified atom stereocenters. The lowest BCUT2D eigenvalue weighted by molar-refractivity contribution is 0.756. The molecule has 2 N–H and O–H groups in total. The molecule has 3 heterocycles. The Labute approximate surface area is 147 Å². The van der Waals surface area contributed by atoms with E-state index in [0.29, 0.717) is 5.95 Å². The predicted octanol–water partition coefficient (Wildman–Crippen LogP) is 2.80. The van der Waals surface area contributed by atoms with Crippen LogP contribution in [0.5, 0.6) is 0 Å². The molecule has 0 saturated carbocycles. The number of anilines is 2. The van der Waals surface area contributed by atoms with E-state index in [1.807, 2.05) is 51.5 Å². The molecule has 25 heavy (non-hydrogen) atoms. The summed E-state index contributed by atoms with van der Waals surface area (Å²) >= 11 is 0. The van der Waals surface area contributed by atoms with Crippen LogP contribution in [0.15, 0.2) is 36.8 Å². The molecule has 3 rings (SSSR count). The molecule has 130 valence electrons. The third-order valence-electron chi connectivity index (χ3n) is 3.80. The van der Waals surface area contributed by atoms with Gasteiger partial charge in [-0.1, -0.05) is 6.07 Å². The normalized spacial score (nSPS) is 10.7. The second-order valence-electron chi connectivity index (χ2n) is 6.00. The summed E-state index contributed by atoms with van der Waals surface area (Å²) in [6, 6.07) is 5.94. The maximum Gasteiger partial charge on any atom is 0.223 e. The maximum atomic E-state index is 4.57. The van der Waals surface area contributed by atoms with Gasteiger partial charge >= 0.3 is 0 Å². The first kappa shape index (κ1) is 16.9. The van der Waals surface area contributed by atoms with Gasteiger partial charge in [0, 0.05) is 44.3 Å². The van der Waals surface area contributed by atoms with Gasteiger partial charge in [-0.2, -0.15) is 5.10 Å². The van der Waals surface area contributed by atoms with E-state index in [1.54, 1.807) is 10.9 Å². The molecule has 7 nitrogen and oxygen atoms in total. The van der Waals surface area contributed by atoms with E-state index in [9.17, 15) is 0 Å². The van der Waals surface area contributed by atoms with Crippen LogP contribution in [0.25, 0.3) is 11.3 Å². The quantitative estimate of drug-likeness (QED) is 0.645. The van der Waals surface area contributed by atoms with Gasteiger partial charge in [0.15, 0.2) is 0 Å². The second-order valence-corrected chi connectivity index (χ2v) is 6.00. The fourth-order valence-electron chi connectivity index (χ4n) is 2.52. The molecule has 0 bridgehead atoms. The average molecular weight is 337 g/mol. The minimum Gasteiger partial charge on any atom is -0.370 e. The summed E-state index contributed by atoms with van der Waals surface area (Å²) in [5, 5.41) is 10.9. The minimum absolute atomic E-state index is 0.634. The van der Waals surface area contributed by atoms with Crippen molar-refractivity contribution in [2.24, 2.45) is 7.05 Å². The summed E-state index contributed by atoms with van der Waals surface area (Å²) in [5.74, 6) is 1.53. The Morgan fingerprint density at radius 1 is 1.04 bits per heavy atom. The van der Waals surface area contributed by atoms with E-state index in [4.69, 9.17) is 0 Å². The van der Waals surface area contributed by atoms with Crippen LogP contribution in [0.1, 0.15) is 17.7 Å². The van der Waals surface area contributed by atoms with Gasteiger partial charge in [0.05, 0.1) is 11.4 Å². The number of hydrogen-bond acceptors (Lipinski definition) is 6. The Morgan fingerprint density at radius 3 is 2.60 bits per heavy atom. The summed E-state index contributed by atoms with van der Waals surface area (Å²) in [7, 11) is 1.91. The van der Waals surface area contributed by atoms with Crippen molar-refractivity contribution in [3.63, 3.8) is 0 Å². The van der Waals surface area contributed by atoms with E-state index in [0.717, 1.165) is 47.8 Å². The molecule has 7 heteroatoms. The molecular weight excluding hydrogens is 314 g/mol. The molecule has 0 radical (unpaired) electrons. The molecule has 0 aliphatic heterocycles. The lowest BCUT2D eigenvalue weighted by Crippen LogP contribution is -2.11. The molecule has 0 aliphatic rings. The smallest absolute Gasteiger partial charge is 0.223 e. The van der Waals surface area contributed by atoms with Gasteiger partial charge in [0.1, 0.15) is 5.82 Å². The van der Waals surface area contributed by atoms with Crippen LogP contribution in [0, 0.1) is 13.8 Å². The largest absolute Gasteiger partial charge is 0.370 e. The highest BCUT2D eigenvalue weighted by Crippen LogP contribution is 2.20. The van der Waals surface area contributed by atoms with Crippen LogP contribution in [0.4, 0.5) is 11.8 Å². The lowest BCUT2D eigenvalue weighted by atomic mass is 10.2. The fraction of sp³-hybridized carbons (Fsp3) is 0.333. The summed E-state index contributed by atoms with van der Waals surface area (Å²) in [4.78, 5) is 13.2. The van der Waals surface area contributed by atoms with Crippen molar-refractivity contribution in [2.75, 3.05) is 23.7 Å². The molecule has 3 aromatic rings. The van der Waals surface area contributed by atoms with Gasteiger partial charge in [-0.25, -0.2) is 15.0 Å². The topological polar surface area (TPSA) is 80.5 Å². The maximum absolute atomic E-state index is 4.57. The molecule has 3 aromatic heterocycles. The predicted molar refractivity (Wildman–Crippen MR) is 99.5 cm³/mol. The van der Waals surface area contributed by atoms with Crippen LogP contribution >= 0.6 is 0 Å². The monoisotopic (exact) mass is 337 g/mol. The summed E-state index contributed by atoms with van der Waals surface area (Å²) < 4.78 is 1.80. The van der Waals surface area contributed by atoms with Crippen molar-refractivity contribution in [3.8, 4) is 11.3 Å². The van der Waals surface area contributed by atoms with E-state index < -0.39 is 0 Å². The Bertz CT molecular complexity index is 824. The first-order valence-electron chi connectivity index (χ1n) is 8.36. The molecule has 0 amide bonds. The zero-order chi connectivity index (χ0) is 17.6. The average Bonchev–Trinajstić information content (AvgIpc) is 2.95. The zero-order valence-corrected chi connectivity index (χ0v) is 14.8. The highest BCUT2D eigenvalue weighted by atomic mass is 15.3. The SMILES string of the molecule is Cc1ccc(NCCCNc2nccc(-c3cn(C)nc3C)n2)nc1. The molecule has 0 fully saturated rings. The number of hydrogen-bond donors (Lipinski definition) is 2. The van der Waals surface area contributed by atoms with Crippen molar-refractivity contribution in [3.05, 3.63) is 48.0 Å². The van der Waals surface area contributed by atoms with Crippen molar-refractivity contribution >= 4 is 11.8 Å². The summed E-state index contributed by atoms with van der Waals surface area (Å²) in [5.41, 5.74) is 4.03. The Balaban J connectivity index is 1.49. The summed E-state index contributed by atoms with van der Waals surface area (Å²) in [6.45, 7) is 5.63. The van der Waals surface area contributed by atoms with Crippen molar-refractivity contribution in [1.82, 2.24) is 24.7 Å². The first-order chi connectivity index (χ1) is 12.1. The highest BCUT2D eigenvalue weighted by molar-refractivity contribution is 5.61. The molecule has 0 saturated heterocycles. The van der Waals surface area contributed by atoms with Gasteiger partial charge in [-0.3, -0.25) is 4.68 Å². The molecule has 0 aromatic carbocycles. The Hall–Kier alpha value is -2.96. The highest BCUT2D eigenvalue weighted by Gasteiger charge is 2.08. The molecule has 0 spiro atoms. The van der Waals surface area contributed by atoms with Crippen molar-refractivity contribution in [1.29, 1.82) is 0 Å². The van der Waals surface area contributed by atoms with E-state index >= 15 is 0 Å². The Kier molecular flexibility index (Phi) is 5.23. The minimum atomic E-state index is 0.634. The number of nitrogens with zero attached hydrogens (tertiary/aromatic N) is 5. The molecule has 0 atom stereocenters. The standard InChI is InChI=1S/C18H23N7/c1-13-5-6-17(22-11-13)19-8-4-9-20-18-21-10-7-16(23-18)15-12-25(3)24-14(15)2/h5-7,10-12H,4,8-9H2,1-3H3,(H,19,22)(H,20,21,23). The van der Waals surface area contributed by atoms with Crippen molar-refractivity contribution in [2.45, 2.75) is 20.3 Å². The number of rotatable bonds is 7. The number of nitrogens with one attached hydrogen (secondary N) is 2. The second kappa shape index (κ2) is 7.74.